The summed E-state index contributed by atoms with van der Waals surface area (Å²) in [6.07, 6.45) is 1.82. The molecule has 6 nitrogen and oxygen atoms in total. The molecule has 8 heteroatoms. The Morgan fingerprint density at radius 3 is 1.57 bits per heavy atom. The van der Waals surface area contributed by atoms with E-state index in [0.29, 0.717) is 13.1 Å². The van der Waals surface area contributed by atoms with Crippen molar-refractivity contribution < 1.29 is 18.9 Å². The number of halogens is 1. The third-order valence-electron chi connectivity index (χ3n) is 10.2. The van der Waals surface area contributed by atoms with Gasteiger partial charge >= 0.3 is 7.12 Å². The van der Waals surface area contributed by atoms with Crippen molar-refractivity contribution in [2.24, 2.45) is 0 Å². The molecule has 256 valence electrons. The van der Waals surface area contributed by atoms with E-state index < -0.39 is 0 Å². The van der Waals surface area contributed by atoms with Gasteiger partial charge in [-0.25, -0.2) is 0 Å². The van der Waals surface area contributed by atoms with Crippen molar-refractivity contribution in [2.75, 3.05) is 13.1 Å². The van der Waals surface area contributed by atoms with E-state index in [0.717, 1.165) is 47.0 Å². The number of aryl methyl sites for hydroxylation is 2. The monoisotopic (exact) mass is 722 g/mol. The van der Waals surface area contributed by atoms with Crippen LogP contribution >= 0.6 is 15.9 Å². The number of fused-ring (bicyclic) bond motifs is 2. The lowest BCUT2D eigenvalue weighted by Crippen LogP contribution is -2.41. The topological polar surface area (TPSA) is 59.1 Å². The molecule has 0 aliphatic carbocycles. The van der Waals surface area contributed by atoms with E-state index in [1.165, 1.54) is 33.4 Å². The molecule has 7 rings (SSSR count). The summed E-state index contributed by atoms with van der Waals surface area (Å²) in [5, 5.41) is 0. The Balaban J connectivity index is 0.000000197. The van der Waals surface area contributed by atoms with E-state index in [-0.39, 0.29) is 37.6 Å². The normalized spacial score (nSPS) is 17.2. The molecule has 0 N–H and O–H groups in total. The van der Waals surface area contributed by atoms with Gasteiger partial charge in [0, 0.05) is 41.8 Å². The van der Waals surface area contributed by atoms with Crippen molar-refractivity contribution in [1.29, 1.82) is 0 Å². The molecule has 4 aromatic rings. The van der Waals surface area contributed by atoms with Gasteiger partial charge in [0.05, 0.1) is 11.2 Å². The van der Waals surface area contributed by atoms with Crippen LogP contribution in [0.4, 0.5) is 0 Å². The average molecular weight is 724 g/mol. The van der Waals surface area contributed by atoms with Crippen LogP contribution in [0.15, 0.2) is 89.4 Å². The molecule has 3 aliphatic heterocycles. The van der Waals surface area contributed by atoms with E-state index >= 15 is 0 Å². The van der Waals surface area contributed by atoms with Gasteiger partial charge in [0.15, 0.2) is 0 Å². The molecule has 49 heavy (non-hydrogen) atoms. The summed E-state index contributed by atoms with van der Waals surface area (Å²) in [6, 6.07) is 27.6. The maximum absolute atomic E-state index is 12.9. The molecule has 0 atom stereocenters. The highest BCUT2D eigenvalue weighted by Crippen LogP contribution is 2.37. The zero-order valence-corrected chi connectivity index (χ0v) is 30.4. The lowest BCUT2D eigenvalue weighted by molar-refractivity contribution is 0.00578. The van der Waals surface area contributed by atoms with Crippen LogP contribution in [-0.2, 0) is 35.2 Å². The second-order valence-corrected chi connectivity index (χ2v) is 15.0. The van der Waals surface area contributed by atoms with Crippen LogP contribution in [0.5, 0.6) is 0 Å². The fraction of sp³-hybridized carbons (Fsp3) is 0.366. The molecular formula is C41H48BBrN2O4. The fourth-order valence-corrected chi connectivity index (χ4v) is 7.43. The van der Waals surface area contributed by atoms with Gasteiger partial charge in [-0.1, -0.05) is 71.9 Å². The Kier molecular flexibility index (Phi) is 10.9. The van der Waals surface area contributed by atoms with E-state index in [1.807, 2.05) is 70.5 Å². The minimum Gasteiger partial charge on any atom is -0.399 e. The van der Waals surface area contributed by atoms with E-state index in [1.54, 1.807) is 0 Å². The van der Waals surface area contributed by atoms with Gasteiger partial charge in [0.1, 0.15) is 0 Å². The van der Waals surface area contributed by atoms with Crippen LogP contribution in [0.1, 0.15) is 89.2 Å². The third-order valence-corrected chi connectivity index (χ3v) is 10.7. The summed E-state index contributed by atoms with van der Waals surface area (Å²) in [5.41, 5.74) is 9.55. The van der Waals surface area contributed by atoms with Crippen LogP contribution in [-0.4, -0.2) is 53.0 Å². The molecule has 0 aromatic heterocycles. The summed E-state index contributed by atoms with van der Waals surface area (Å²) in [4.78, 5) is 29.2. The van der Waals surface area contributed by atoms with Gasteiger partial charge in [-0.3, -0.25) is 9.59 Å². The minimum absolute atomic E-state index is 0. The molecule has 0 unspecified atom stereocenters. The highest BCUT2D eigenvalue weighted by atomic mass is 79.9. The Labute approximate surface area is 301 Å². The second kappa shape index (κ2) is 14.6. The number of nitrogens with zero attached hydrogens (tertiary/aromatic N) is 2. The molecule has 1 saturated heterocycles. The van der Waals surface area contributed by atoms with Crippen LogP contribution in [0.2, 0.25) is 0 Å². The van der Waals surface area contributed by atoms with Crippen molar-refractivity contribution in [2.45, 2.75) is 86.1 Å². The van der Waals surface area contributed by atoms with E-state index in [4.69, 9.17) is 9.31 Å². The highest BCUT2D eigenvalue weighted by Gasteiger charge is 2.52. The molecular weight excluding hydrogens is 675 g/mol. The number of carbonyl (C=O) groups excluding carboxylic acids is 2. The predicted octanol–water partition coefficient (Wildman–Crippen LogP) is 8.08. The van der Waals surface area contributed by atoms with Gasteiger partial charge in [-0.2, -0.15) is 0 Å². The van der Waals surface area contributed by atoms with Crippen LogP contribution < -0.4 is 5.46 Å². The highest BCUT2D eigenvalue weighted by molar-refractivity contribution is 9.10. The number of amides is 2. The summed E-state index contributed by atoms with van der Waals surface area (Å²) < 4.78 is 13.6. The first kappa shape index (κ1) is 36.6. The van der Waals surface area contributed by atoms with Gasteiger partial charge in [0.2, 0.25) is 0 Å². The second-order valence-electron chi connectivity index (χ2n) is 14.1. The molecule has 3 heterocycles. The summed E-state index contributed by atoms with van der Waals surface area (Å²) in [5.74, 6) is 0.207. The van der Waals surface area contributed by atoms with Crippen molar-refractivity contribution in [1.82, 2.24) is 9.80 Å². The summed E-state index contributed by atoms with van der Waals surface area (Å²) in [7, 11) is -0.380. The third kappa shape index (κ3) is 7.72. The standard InChI is InChI=1S/C23H28BNO3.C17H16BrNO.CH4/c1-16-13-19(24-27-22(2,3)23(4,5)28-24)14-18-15-25(12-11-20(16)18)21(26)17-9-7-6-8-10-17;1-12-9-15(18)10-14-11-19(8-7-16(12)14)17(20)13-5-3-2-4-6-13;/h6-10,13-14H,11-12,15H2,1-5H3;2-6,9-10H,7-8,11H2,1H3;1H4. The molecule has 0 saturated carbocycles. The van der Waals surface area contributed by atoms with Crippen LogP contribution in [0, 0.1) is 13.8 Å². The van der Waals surface area contributed by atoms with Gasteiger partial charge < -0.3 is 19.1 Å². The molecule has 2 amide bonds. The van der Waals surface area contributed by atoms with Gasteiger partial charge in [-0.15, -0.1) is 0 Å². The fourth-order valence-electron chi connectivity index (χ4n) is 6.81. The quantitative estimate of drug-likeness (QED) is 0.201. The van der Waals surface area contributed by atoms with Crippen LogP contribution in [0.25, 0.3) is 0 Å². The van der Waals surface area contributed by atoms with Gasteiger partial charge in [0.25, 0.3) is 11.8 Å². The molecule has 1 fully saturated rings. The zero-order valence-electron chi connectivity index (χ0n) is 28.8. The molecule has 0 radical (unpaired) electrons. The first-order valence-electron chi connectivity index (χ1n) is 16.8. The molecule has 4 aromatic carbocycles. The summed E-state index contributed by atoms with van der Waals surface area (Å²) >= 11 is 3.54. The Hall–Kier alpha value is -3.72. The smallest absolute Gasteiger partial charge is 0.399 e. The minimum atomic E-state index is -0.380. The Morgan fingerprint density at radius 2 is 1.10 bits per heavy atom. The number of rotatable bonds is 3. The van der Waals surface area contributed by atoms with Crippen molar-refractivity contribution in [3.05, 3.63) is 134 Å². The number of benzene rings is 4. The van der Waals surface area contributed by atoms with Gasteiger partial charge in [-0.05, 0) is 130 Å². The Bertz CT molecular complexity index is 1810. The summed E-state index contributed by atoms with van der Waals surface area (Å²) in [6.45, 7) is 15.4. The Morgan fingerprint density at radius 1 is 0.673 bits per heavy atom. The SMILES string of the molecule is C.Cc1cc(B2OC(C)(C)C(C)(C)O2)cc2c1CCN(C(=O)c1ccccc1)C2.Cc1cc(Br)cc2c1CCN(C(=O)c1ccccc1)C2. The van der Waals surface area contributed by atoms with E-state index in [2.05, 4.69) is 81.7 Å². The van der Waals surface area contributed by atoms with Crippen molar-refractivity contribution in [3.8, 4) is 0 Å². The first-order chi connectivity index (χ1) is 22.8. The number of carbonyl (C=O) groups is 2. The first-order valence-corrected chi connectivity index (χ1v) is 17.6. The number of hydrogen-bond acceptors (Lipinski definition) is 4. The lowest BCUT2D eigenvalue weighted by atomic mass is 9.75. The molecule has 0 spiro atoms. The molecule has 0 bridgehead atoms. The van der Waals surface area contributed by atoms with Crippen molar-refractivity contribution in [3.63, 3.8) is 0 Å². The van der Waals surface area contributed by atoms with Crippen molar-refractivity contribution >= 4 is 40.3 Å². The lowest BCUT2D eigenvalue weighted by Gasteiger charge is -2.32. The number of hydrogen-bond donors (Lipinski definition) is 0. The molecule has 3 aliphatic rings. The maximum atomic E-state index is 12.9. The average Bonchev–Trinajstić information content (AvgIpc) is 3.30. The maximum Gasteiger partial charge on any atom is 0.494 e. The zero-order chi connectivity index (χ0) is 34.2. The van der Waals surface area contributed by atoms with Crippen LogP contribution in [0.3, 0.4) is 0 Å². The largest absolute Gasteiger partial charge is 0.494 e. The van der Waals surface area contributed by atoms with E-state index in [9.17, 15) is 9.59 Å². The predicted molar refractivity (Wildman–Crippen MR) is 202 cm³/mol.